The molecule has 1 aliphatic heterocycles. The van der Waals surface area contributed by atoms with Crippen LogP contribution >= 0.6 is 0 Å². The molecule has 1 aromatic rings. The number of aliphatic carboxylic acids is 1. The molecule has 0 aromatic heterocycles. The van der Waals surface area contributed by atoms with E-state index in [1.165, 1.54) is 5.56 Å². The van der Waals surface area contributed by atoms with E-state index in [0.717, 1.165) is 44.4 Å². The highest BCUT2D eigenvalue weighted by atomic mass is 16.5. The van der Waals surface area contributed by atoms with Crippen molar-refractivity contribution in [1.29, 1.82) is 0 Å². The van der Waals surface area contributed by atoms with Gasteiger partial charge in [-0.1, -0.05) is 12.1 Å². The van der Waals surface area contributed by atoms with Crippen LogP contribution in [0.25, 0.3) is 0 Å². The normalized spacial score (nSPS) is 17.5. The van der Waals surface area contributed by atoms with Crippen LogP contribution in [0.5, 0.6) is 5.75 Å². The van der Waals surface area contributed by atoms with Crippen molar-refractivity contribution >= 4 is 11.9 Å². The Labute approximate surface area is 143 Å². The largest absolute Gasteiger partial charge is 0.497 e. The van der Waals surface area contributed by atoms with Gasteiger partial charge in [0.25, 0.3) is 0 Å². The van der Waals surface area contributed by atoms with Gasteiger partial charge in [-0.15, -0.1) is 0 Å². The fraction of sp³-hybridized carbons (Fsp3) is 0.579. The molecule has 1 aromatic carbocycles. The third kappa shape index (κ3) is 5.55. The van der Waals surface area contributed by atoms with E-state index in [9.17, 15) is 9.59 Å². The molecule has 1 atom stereocenters. The lowest BCUT2D eigenvalue weighted by Gasteiger charge is -2.35. The number of ether oxygens (including phenoxy) is 1. The number of piperidine rings is 1. The van der Waals surface area contributed by atoms with Crippen LogP contribution < -0.4 is 4.74 Å². The van der Waals surface area contributed by atoms with E-state index in [4.69, 9.17) is 9.84 Å². The van der Waals surface area contributed by atoms with Crippen molar-refractivity contribution in [1.82, 2.24) is 4.90 Å². The Morgan fingerprint density at radius 1 is 1.21 bits per heavy atom. The van der Waals surface area contributed by atoms with Gasteiger partial charge in [-0.3, -0.25) is 9.59 Å². The molecule has 1 saturated heterocycles. The van der Waals surface area contributed by atoms with Gasteiger partial charge in [-0.2, -0.15) is 0 Å². The van der Waals surface area contributed by atoms with Crippen LogP contribution in [0, 0.1) is 0 Å². The molecule has 1 amide bonds. The summed E-state index contributed by atoms with van der Waals surface area (Å²) in [6.45, 7) is 0.769. The van der Waals surface area contributed by atoms with Crippen LogP contribution in [0.4, 0.5) is 0 Å². The van der Waals surface area contributed by atoms with Crippen molar-refractivity contribution in [2.45, 2.75) is 57.4 Å². The molecular formula is C19H27NO4. The second-order valence-electron chi connectivity index (χ2n) is 6.37. The summed E-state index contributed by atoms with van der Waals surface area (Å²) in [5.41, 5.74) is 1.20. The summed E-state index contributed by atoms with van der Waals surface area (Å²) in [4.78, 5) is 25.2. The Hall–Kier alpha value is -2.04. The summed E-state index contributed by atoms with van der Waals surface area (Å²) in [6, 6.07) is 8.02. The molecule has 0 bridgehead atoms. The van der Waals surface area contributed by atoms with Gasteiger partial charge in [0.15, 0.2) is 0 Å². The number of likely N-dealkylation sites (tertiary alicyclic amines) is 1. The second kappa shape index (κ2) is 9.30. The van der Waals surface area contributed by atoms with E-state index < -0.39 is 5.97 Å². The molecule has 2 rings (SSSR count). The molecule has 0 saturated carbocycles. The maximum atomic E-state index is 12.5. The Balaban J connectivity index is 1.79. The third-order valence-corrected chi connectivity index (χ3v) is 4.65. The van der Waals surface area contributed by atoms with E-state index in [1.54, 1.807) is 7.11 Å². The number of carboxylic acids is 1. The number of hydrogen-bond acceptors (Lipinski definition) is 3. The molecule has 0 aliphatic carbocycles. The van der Waals surface area contributed by atoms with Gasteiger partial charge >= 0.3 is 5.97 Å². The number of methoxy groups -OCH3 is 1. The van der Waals surface area contributed by atoms with Gasteiger partial charge in [0, 0.05) is 25.4 Å². The number of benzene rings is 1. The fourth-order valence-electron chi connectivity index (χ4n) is 3.30. The van der Waals surface area contributed by atoms with Gasteiger partial charge in [0.1, 0.15) is 5.75 Å². The Morgan fingerprint density at radius 3 is 2.62 bits per heavy atom. The number of aryl methyl sites for hydroxylation is 1. The highest BCUT2D eigenvalue weighted by Gasteiger charge is 2.26. The molecule has 1 fully saturated rings. The number of hydrogen-bond donors (Lipinski definition) is 1. The predicted octanol–water partition coefficient (Wildman–Crippen LogP) is 3.26. The quantitative estimate of drug-likeness (QED) is 0.793. The first-order valence-electron chi connectivity index (χ1n) is 8.74. The van der Waals surface area contributed by atoms with Crippen LogP contribution in [-0.4, -0.2) is 41.6 Å². The monoisotopic (exact) mass is 333 g/mol. The lowest BCUT2D eigenvalue weighted by Crippen LogP contribution is -2.43. The Morgan fingerprint density at radius 2 is 1.96 bits per heavy atom. The van der Waals surface area contributed by atoms with Gasteiger partial charge in [-0.05, 0) is 56.2 Å². The highest BCUT2D eigenvalue weighted by Crippen LogP contribution is 2.22. The predicted molar refractivity (Wildman–Crippen MR) is 92.2 cm³/mol. The molecule has 0 unspecified atom stereocenters. The first-order valence-corrected chi connectivity index (χ1v) is 8.74. The van der Waals surface area contributed by atoms with E-state index in [-0.39, 0.29) is 18.4 Å². The van der Waals surface area contributed by atoms with Gasteiger partial charge < -0.3 is 14.7 Å². The smallest absolute Gasteiger partial charge is 0.303 e. The first kappa shape index (κ1) is 18.3. The molecule has 132 valence electrons. The first-order chi connectivity index (χ1) is 11.6. The van der Waals surface area contributed by atoms with Crippen LogP contribution in [0.2, 0.25) is 0 Å². The summed E-state index contributed by atoms with van der Waals surface area (Å²) in [5, 5.41) is 8.86. The molecule has 1 heterocycles. The lowest BCUT2D eigenvalue weighted by atomic mass is 9.97. The maximum Gasteiger partial charge on any atom is 0.303 e. The lowest BCUT2D eigenvalue weighted by molar-refractivity contribution is -0.140. The zero-order valence-corrected chi connectivity index (χ0v) is 14.4. The number of rotatable bonds is 8. The van der Waals surface area contributed by atoms with Gasteiger partial charge in [-0.25, -0.2) is 0 Å². The van der Waals surface area contributed by atoms with Gasteiger partial charge in [0.05, 0.1) is 7.11 Å². The Kier molecular flexibility index (Phi) is 7.09. The number of carbonyl (C=O) groups excluding carboxylic acids is 1. The minimum Gasteiger partial charge on any atom is -0.497 e. The Bertz CT molecular complexity index is 541. The average Bonchev–Trinajstić information content (AvgIpc) is 2.60. The number of amides is 1. The molecule has 0 spiro atoms. The van der Waals surface area contributed by atoms with Crippen LogP contribution in [0.3, 0.4) is 0 Å². The maximum absolute atomic E-state index is 12.5. The van der Waals surface area contributed by atoms with E-state index in [0.29, 0.717) is 12.8 Å². The molecule has 0 radical (unpaired) electrons. The molecule has 1 N–H and O–H groups in total. The van der Waals surface area contributed by atoms with Crippen molar-refractivity contribution in [3.8, 4) is 5.75 Å². The van der Waals surface area contributed by atoms with E-state index in [2.05, 4.69) is 0 Å². The summed E-state index contributed by atoms with van der Waals surface area (Å²) >= 11 is 0. The average molecular weight is 333 g/mol. The third-order valence-electron chi connectivity index (χ3n) is 4.65. The molecule has 24 heavy (non-hydrogen) atoms. The number of carboxylic acid groups (broad SMARTS) is 1. The molecule has 5 nitrogen and oxygen atoms in total. The van der Waals surface area contributed by atoms with Crippen LogP contribution in [0.15, 0.2) is 24.3 Å². The molecular weight excluding hydrogens is 306 g/mol. The number of nitrogens with zero attached hydrogens (tertiary/aromatic N) is 1. The zero-order chi connectivity index (χ0) is 17.4. The highest BCUT2D eigenvalue weighted by molar-refractivity contribution is 5.76. The summed E-state index contributed by atoms with van der Waals surface area (Å²) < 4.78 is 5.14. The fourth-order valence-corrected chi connectivity index (χ4v) is 3.30. The van der Waals surface area contributed by atoms with Crippen molar-refractivity contribution in [2.24, 2.45) is 0 Å². The van der Waals surface area contributed by atoms with Gasteiger partial charge in [0.2, 0.25) is 5.91 Å². The topological polar surface area (TPSA) is 66.8 Å². The summed E-state index contributed by atoms with van der Waals surface area (Å²) in [6.07, 6.45) is 5.94. The standard InChI is InChI=1S/C19H27NO4/c1-24-17-11-8-15(9-12-17)5-4-7-18(21)20-14-3-2-6-16(20)10-13-19(22)23/h8-9,11-12,16H,2-7,10,13-14H2,1H3,(H,22,23)/t16-/m1/s1. The van der Waals surface area contributed by atoms with Crippen molar-refractivity contribution < 1.29 is 19.4 Å². The number of carbonyl (C=O) groups is 2. The SMILES string of the molecule is COc1ccc(CCCC(=O)N2CCCC[C@@H]2CCC(=O)O)cc1. The van der Waals surface area contributed by atoms with E-state index >= 15 is 0 Å². The molecule has 5 heteroatoms. The van der Waals surface area contributed by atoms with Crippen molar-refractivity contribution in [2.75, 3.05) is 13.7 Å². The minimum atomic E-state index is -0.785. The summed E-state index contributed by atoms with van der Waals surface area (Å²) in [5.74, 6) is 0.218. The summed E-state index contributed by atoms with van der Waals surface area (Å²) in [7, 11) is 1.65. The minimum absolute atomic E-state index is 0.100. The van der Waals surface area contributed by atoms with Crippen molar-refractivity contribution in [3.63, 3.8) is 0 Å². The van der Waals surface area contributed by atoms with Crippen molar-refractivity contribution in [3.05, 3.63) is 29.8 Å². The second-order valence-corrected chi connectivity index (χ2v) is 6.37. The molecule has 1 aliphatic rings. The van der Waals surface area contributed by atoms with Crippen LogP contribution in [0.1, 0.15) is 50.5 Å². The van der Waals surface area contributed by atoms with E-state index in [1.807, 2.05) is 29.2 Å². The zero-order valence-electron chi connectivity index (χ0n) is 14.4. The van der Waals surface area contributed by atoms with Crippen LogP contribution in [-0.2, 0) is 16.0 Å².